The van der Waals surface area contributed by atoms with Crippen LogP contribution in [0.15, 0.2) is 0 Å². The molecule has 2 unspecified atom stereocenters. The van der Waals surface area contributed by atoms with Crippen LogP contribution < -0.4 is 0 Å². The van der Waals surface area contributed by atoms with E-state index in [1.807, 2.05) is 0 Å². The molecule has 60 valence electrons. The predicted molar refractivity (Wildman–Crippen MR) is 47.4 cm³/mol. The Morgan fingerprint density at radius 2 is 2.33 bits per heavy atom. The van der Waals surface area contributed by atoms with Gasteiger partial charge in [-0.15, -0.1) is 5.25 Å². The fourth-order valence-corrected chi connectivity index (χ4v) is 2.68. The van der Waals surface area contributed by atoms with Gasteiger partial charge in [0.25, 0.3) is 0 Å². The van der Waals surface area contributed by atoms with Gasteiger partial charge in [0.1, 0.15) is 0 Å². The Balaban J connectivity index is 0. The molecule has 0 aromatic heterocycles. The monoisotopic (exact) mass is 294 g/mol. The normalized spacial score (nSPS) is 15.4. The Bertz CT molecular complexity index is 121. The van der Waals surface area contributed by atoms with E-state index in [0.29, 0.717) is 5.25 Å². The molecule has 0 aliphatic heterocycles. The first-order chi connectivity index (χ1) is 3.72. The SMILES string of the molecule is [Ag+].[CH2-]C(CC)S(Cl)=S=S. The first-order valence-electron chi connectivity index (χ1n) is 2.25. The van der Waals surface area contributed by atoms with Gasteiger partial charge in [-0.3, -0.25) is 0 Å². The maximum Gasteiger partial charge on any atom is 1.00 e. The molecule has 0 bridgehead atoms. The third kappa shape index (κ3) is 6.23. The maximum absolute atomic E-state index is 5.74. The van der Waals surface area contributed by atoms with Crippen LogP contribution in [-0.4, -0.2) is 5.25 Å². The molecule has 0 nitrogen and oxygen atoms in total. The third-order valence-electron chi connectivity index (χ3n) is 0.782. The van der Waals surface area contributed by atoms with Crippen molar-refractivity contribution in [1.29, 1.82) is 0 Å². The summed E-state index contributed by atoms with van der Waals surface area (Å²) in [6, 6.07) is 0. The molecule has 0 saturated heterocycles. The van der Waals surface area contributed by atoms with Crippen LogP contribution in [0.3, 0.4) is 0 Å². The minimum atomic E-state index is -0.229. The summed E-state index contributed by atoms with van der Waals surface area (Å²) >= 11 is 4.67. The smallest absolute Gasteiger partial charge is 0.329 e. The molecule has 9 heavy (non-hydrogen) atoms. The third-order valence-corrected chi connectivity index (χ3v) is 6.29. The first kappa shape index (κ1) is 13.4. The van der Waals surface area contributed by atoms with E-state index in [1.165, 1.54) is 8.88 Å². The molecule has 5 heteroatoms. The van der Waals surface area contributed by atoms with E-state index in [0.717, 1.165) is 6.42 Å². The molecule has 0 N–H and O–H groups in total. The topological polar surface area (TPSA) is 0 Å². The summed E-state index contributed by atoms with van der Waals surface area (Å²) < 4.78 is 0. The van der Waals surface area contributed by atoms with E-state index in [4.69, 9.17) is 10.7 Å². The van der Waals surface area contributed by atoms with E-state index in [9.17, 15) is 0 Å². The van der Waals surface area contributed by atoms with Gasteiger partial charge in [0, 0.05) is 0 Å². The van der Waals surface area contributed by atoms with Gasteiger partial charge in [-0.2, -0.15) is 0 Å². The van der Waals surface area contributed by atoms with Crippen LogP contribution in [0.2, 0.25) is 0 Å². The van der Waals surface area contributed by atoms with Gasteiger partial charge in [0.05, 0.1) is 0 Å². The second kappa shape index (κ2) is 7.92. The molecule has 0 aliphatic carbocycles. The Labute approximate surface area is 86.6 Å². The fourth-order valence-electron chi connectivity index (χ4n) is 0.187. The van der Waals surface area contributed by atoms with Crippen molar-refractivity contribution in [3.05, 3.63) is 6.92 Å². The van der Waals surface area contributed by atoms with E-state index in [2.05, 4.69) is 25.0 Å². The van der Waals surface area contributed by atoms with Gasteiger partial charge in [-0.05, 0) is 30.8 Å². The summed E-state index contributed by atoms with van der Waals surface area (Å²) in [6.07, 6.45) is 1.01. The fraction of sp³-hybridized carbons (Fsp3) is 0.750. The van der Waals surface area contributed by atoms with Crippen LogP contribution in [0.4, 0.5) is 0 Å². The van der Waals surface area contributed by atoms with Crippen molar-refractivity contribution in [3.63, 3.8) is 0 Å². The van der Waals surface area contributed by atoms with Gasteiger partial charge in [-0.1, -0.05) is 22.0 Å². The van der Waals surface area contributed by atoms with Crippen molar-refractivity contribution in [2.75, 3.05) is 0 Å². The van der Waals surface area contributed by atoms with E-state index in [1.54, 1.807) is 0 Å². The van der Waals surface area contributed by atoms with Crippen molar-refractivity contribution in [1.82, 2.24) is 0 Å². The average Bonchev–Trinajstić information content (AvgIpc) is 1.84. The second-order valence-electron chi connectivity index (χ2n) is 1.35. The summed E-state index contributed by atoms with van der Waals surface area (Å²) in [6.45, 7) is 5.88. The molecule has 2 atom stereocenters. The van der Waals surface area contributed by atoms with Gasteiger partial charge in [0.2, 0.25) is 0 Å². The van der Waals surface area contributed by atoms with Crippen LogP contribution in [0, 0.1) is 6.92 Å². The second-order valence-corrected chi connectivity index (χ2v) is 6.90. The maximum atomic E-state index is 5.74. The van der Waals surface area contributed by atoms with Crippen molar-refractivity contribution in [2.24, 2.45) is 0 Å². The Morgan fingerprint density at radius 1 is 1.89 bits per heavy atom. The molecule has 0 spiro atoms. The largest absolute Gasteiger partial charge is 1.00 e. The van der Waals surface area contributed by atoms with Crippen LogP contribution in [0.5, 0.6) is 0 Å². The summed E-state index contributed by atoms with van der Waals surface area (Å²) in [5.41, 5.74) is 0. The summed E-state index contributed by atoms with van der Waals surface area (Å²) in [5, 5.41) is 0.319. The zero-order valence-electron chi connectivity index (χ0n) is 4.90. The molecule has 0 radical (unpaired) electrons. The van der Waals surface area contributed by atoms with Gasteiger partial charge < -0.3 is 6.92 Å². The van der Waals surface area contributed by atoms with Crippen molar-refractivity contribution < 1.29 is 22.4 Å². The van der Waals surface area contributed by atoms with Crippen LogP contribution in [0.25, 0.3) is 0 Å². The number of halogens is 1. The Hall–Kier alpha value is 1.82. The molecular formula is C4H8AgClS3. The molecular weight excluding hydrogens is 288 g/mol. The average molecular weight is 296 g/mol. The van der Waals surface area contributed by atoms with E-state index in [-0.39, 0.29) is 31.0 Å². The Morgan fingerprint density at radius 3 is 2.44 bits per heavy atom. The van der Waals surface area contributed by atoms with E-state index < -0.39 is 0 Å². The predicted octanol–water partition coefficient (Wildman–Crippen LogP) is 1.83. The van der Waals surface area contributed by atoms with Crippen LogP contribution in [0.1, 0.15) is 13.3 Å². The number of hydrogen-bond acceptors (Lipinski definition) is 1. The molecule has 0 rings (SSSR count). The van der Waals surface area contributed by atoms with Gasteiger partial charge in [-0.25, -0.2) is 0 Å². The molecule has 0 aromatic rings. The molecule has 0 saturated carbocycles. The standard InChI is InChI=1S/C4H8ClS3.Ag/c1-3-4(2)8(5)7-6;/h4H,2-3H2,1H3;/q-1;+1. The van der Waals surface area contributed by atoms with E-state index >= 15 is 0 Å². The minimum absolute atomic E-state index is 0. The number of hydrogen-bond donors (Lipinski definition) is 0. The van der Waals surface area contributed by atoms with Crippen molar-refractivity contribution in [3.8, 4) is 0 Å². The summed E-state index contributed by atoms with van der Waals surface area (Å²) in [5.74, 6) is 0. The zero-order chi connectivity index (χ0) is 6.57. The molecule has 0 fully saturated rings. The first-order valence-corrected chi connectivity index (χ1v) is 6.62. The van der Waals surface area contributed by atoms with Crippen molar-refractivity contribution >= 4 is 39.4 Å². The number of rotatable bonds is 2. The molecule has 0 amide bonds. The van der Waals surface area contributed by atoms with Crippen molar-refractivity contribution in [2.45, 2.75) is 18.6 Å². The van der Waals surface area contributed by atoms with Crippen LogP contribution in [-0.2, 0) is 51.1 Å². The zero-order valence-corrected chi connectivity index (χ0v) is 9.58. The van der Waals surface area contributed by atoms with Crippen LogP contribution >= 0.6 is 10.7 Å². The van der Waals surface area contributed by atoms with Gasteiger partial charge in [0.15, 0.2) is 0 Å². The Kier molecular flexibility index (Phi) is 11.8. The van der Waals surface area contributed by atoms with Gasteiger partial charge >= 0.3 is 22.4 Å². The summed E-state index contributed by atoms with van der Waals surface area (Å²) in [7, 11) is 6.78. The molecule has 0 aromatic carbocycles. The molecule has 0 aliphatic rings. The quantitative estimate of drug-likeness (QED) is 0.425. The molecule has 0 heterocycles. The summed E-state index contributed by atoms with van der Waals surface area (Å²) in [4.78, 5) is 0. The minimum Gasteiger partial charge on any atom is -0.329 e.